The lowest BCUT2D eigenvalue weighted by atomic mass is 9.93. The van der Waals surface area contributed by atoms with E-state index in [1.807, 2.05) is 26.0 Å². The summed E-state index contributed by atoms with van der Waals surface area (Å²) in [5.41, 5.74) is 0.408. The first-order chi connectivity index (χ1) is 8.45. The number of benzene rings is 1. The largest absolute Gasteiger partial charge is 0.508 e. The standard InChI is InChI=1S/C14H21NO3/c1-13(2)15-14(9-16,10-18-13)8-7-11-3-5-12(17)6-4-11/h3-6,15-17H,7-10H2,1-2H3. The molecule has 0 bridgehead atoms. The third-order valence-corrected chi connectivity index (χ3v) is 3.41. The molecule has 1 fully saturated rings. The Bertz CT molecular complexity index is 402. The molecule has 2 rings (SSSR count). The van der Waals surface area contributed by atoms with Crippen LogP contribution in [0.25, 0.3) is 0 Å². The highest BCUT2D eigenvalue weighted by Gasteiger charge is 2.42. The molecule has 3 N–H and O–H groups in total. The van der Waals surface area contributed by atoms with Crippen LogP contribution >= 0.6 is 0 Å². The fourth-order valence-electron chi connectivity index (χ4n) is 2.37. The lowest BCUT2D eigenvalue weighted by Gasteiger charge is -2.28. The summed E-state index contributed by atoms with van der Waals surface area (Å²) in [5.74, 6) is 0.277. The predicted octanol–water partition coefficient (Wildman–Crippen LogP) is 1.41. The molecule has 1 saturated heterocycles. The molecular formula is C14H21NO3. The van der Waals surface area contributed by atoms with Gasteiger partial charge in [0.1, 0.15) is 11.5 Å². The number of aromatic hydroxyl groups is 1. The second-order valence-electron chi connectivity index (χ2n) is 5.53. The zero-order valence-electron chi connectivity index (χ0n) is 10.9. The summed E-state index contributed by atoms with van der Waals surface area (Å²) in [4.78, 5) is 0. The van der Waals surface area contributed by atoms with Crippen LogP contribution in [0.15, 0.2) is 24.3 Å². The van der Waals surface area contributed by atoms with Crippen molar-refractivity contribution in [2.24, 2.45) is 0 Å². The molecule has 18 heavy (non-hydrogen) atoms. The fourth-order valence-corrected chi connectivity index (χ4v) is 2.37. The molecule has 1 aliphatic heterocycles. The van der Waals surface area contributed by atoms with Gasteiger partial charge in [0, 0.05) is 0 Å². The highest BCUT2D eigenvalue weighted by Crippen LogP contribution is 2.27. The lowest BCUT2D eigenvalue weighted by molar-refractivity contribution is 0.0221. The number of ether oxygens (including phenoxy) is 1. The first-order valence-electron chi connectivity index (χ1n) is 6.27. The number of aryl methyl sites for hydroxylation is 1. The Labute approximate surface area is 108 Å². The molecule has 1 aromatic rings. The van der Waals surface area contributed by atoms with Crippen molar-refractivity contribution in [2.45, 2.75) is 38.0 Å². The quantitative estimate of drug-likeness (QED) is 0.757. The van der Waals surface area contributed by atoms with Gasteiger partial charge in [-0.2, -0.15) is 0 Å². The van der Waals surface area contributed by atoms with Gasteiger partial charge in [0.05, 0.1) is 18.8 Å². The van der Waals surface area contributed by atoms with Crippen molar-refractivity contribution in [3.05, 3.63) is 29.8 Å². The highest BCUT2D eigenvalue weighted by molar-refractivity contribution is 5.26. The van der Waals surface area contributed by atoms with Crippen LogP contribution in [-0.2, 0) is 11.2 Å². The Morgan fingerprint density at radius 2 is 1.94 bits per heavy atom. The van der Waals surface area contributed by atoms with Gasteiger partial charge < -0.3 is 14.9 Å². The highest BCUT2D eigenvalue weighted by atomic mass is 16.5. The normalized spacial score (nSPS) is 26.4. The maximum Gasteiger partial charge on any atom is 0.115 e. The van der Waals surface area contributed by atoms with Gasteiger partial charge >= 0.3 is 0 Å². The predicted molar refractivity (Wildman–Crippen MR) is 69.4 cm³/mol. The number of phenols is 1. The molecular weight excluding hydrogens is 230 g/mol. The molecule has 0 radical (unpaired) electrons. The molecule has 100 valence electrons. The van der Waals surface area contributed by atoms with Crippen LogP contribution < -0.4 is 5.32 Å². The van der Waals surface area contributed by atoms with E-state index in [1.165, 1.54) is 0 Å². The topological polar surface area (TPSA) is 61.7 Å². The third kappa shape index (κ3) is 3.02. The minimum atomic E-state index is -0.377. The molecule has 4 heteroatoms. The Morgan fingerprint density at radius 3 is 2.44 bits per heavy atom. The van der Waals surface area contributed by atoms with E-state index in [-0.39, 0.29) is 23.6 Å². The van der Waals surface area contributed by atoms with E-state index >= 15 is 0 Å². The van der Waals surface area contributed by atoms with E-state index < -0.39 is 0 Å². The fraction of sp³-hybridized carbons (Fsp3) is 0.571. The average Bonchev–Trinajstić information content (AvgIpc) is 2.65. The first kappa shape index (κ1) is 13.3. The smallest absolute Gasteiger partial charge is 0.115 e. The van der Waals surface area contributed by atoms with Crippen molar-refractivity contribution < 1.29 is 14.9 Å². The van der Waals surface area contributed by atoms with Crippen LogP contribution in [0, 0.1) is 0 Å². The number of hydrogen-bond donors (Lipinski definition) is 3. The summed E-state index contributed by atoms with van der Waals surface area (Å²) in [7, 11) is 0. The Balaban J connectivity index is 1.98. The monoisotopic (exact) mass is 251 g/mol. The summed E-state index contributed by atoms with van der Waals surface area (Å²) >= 11 is 0. The summed E-state index contributed by atoms with van der Waals surface area (Å²) < 4.78 is 5.64. The number of hydrogen-bond acceptors (Lipinski definition) is 4. The first-order valence-corrected chi connectivity index (χ1v) is 6.27. The second-order valence-corrected chi connectivity index (χ2v) is 5.53. The zero-order chi connectivity index (χ0) is 13.2. The van der Waals surface area contributed by atoms with Gasteiger partial charge in [0.25, 0.3) is 0 Å². The minimum Gasteiger partial charge on any atom is -0.508 e. The molecule has 1 aliphatic rings. The molecule has 0 amide bonds. The van der Waals surface area contributed by atoms with Crippen LogP contribution in [0.1, 0.15) is 25.8 Å². The van der Waals surface area contributed by atoms with E-state index in [1.54, 1.807) is 12.1 Å². The summed E-state index contributed by atoms with van der Waals surface area (Å²) in [6.45, 7) is 4.51. The molecule has 0 aromatic heterocycles. The van der Waals surface area contributed by atoms with E-state index in [0.29, 0.717) is 6.61 Å². The van der Waals surface area contributed by atoms with Gasteiger partial charge in [0.2, 0.25) is 0 Å². The maximum atomic E-state index is 9.59. The van der Waals surface area contributed by atoms with Crippen molar-refractivity contribution in [1.29, 1.82) is 0 Å². The van der Waals surface area contributed by atoms with Crippen LogP contribution in [0.3, 0.4) is 0 Å². The van der Waals surface area contributed by atoms with Crippen LogP contribution in [0.4, 0.5) is 0 Å². The molecule has 0 spiro atoms. The summed E-state index contributed by atoms with van der Waals surface area (Å²) in [5, 5.41) is 22.2. The Hall–Kier alpha value is -1.10. The zero-order valence-corrected chi connectivity index (χ0v) is 10.9. The second kappa shape index (κ2) is 4.88. The average molecular weight is 251 g/mol. The number of aliphatic hydroxyl groups is 1. The van der Waals surface area contributed by atoms with Gasteiger partial charge in [-0.05, 0) is 44.4 Å². The molecule has 0 saturated carbocycles. The number of aliphatic hydroxyl groups excluding tert-OH is 1. The SMILES string of the molecule is CC1(C)NC(CO)(CCc2ccc(O)cc2)CO1. The summed E-state index contributed by atoms with van der Waals surface area (Å²) in [6, 6.07) is 7.18. The molecule has 1 unspecified atom stereocenters. The minimum absolute atomic E-state index is 0.0640. The Morgan fingerprint density at radius 1 is 1.28 bits per heavy atom. The van der Waals surface area contributed by atoms with Crippen molar-refractivity contribution >= 4 is 0 Å². The summed E-state index contributed by atoms with van der Waals surface area (Å²) in [6.07, 6.45) is 1.64. The van der Waals surface area contributed by atoms with Gasteiger partial charge in [-0.25, -0.2) is 0 Å². The van der Waals surface area contributed by atoms with E-state index in [0.717, 1.165) is 18.4 Å². The van der Waals surface area contributed by atoms with Crippen LogP contribution in [0.2, 0.25) is 0 Å². The van der Waals surface area contributed by atoms with Crippen molar-refractivity contribution in [3.8, 4) is 5.75 Å². The Kier molecular flexibility index (Phi) is 3.61. The molecule has 4 nitrogen and oxygen atoms in total. The number of phenolic OH excluding ortho intramolecular Hbond substituents is 1. The molecule has 1 aromatic carbocycles. The van der Waals surface area contributed by atoms with Crippen molar-refractivity contribution in [1.82, 2.24) is 5.32 Å². The van der Waals surface area contributed by atoms with E-state index in [9.17, 15) is 10.2 Å². The van der Waals surface area contributed by atoms with E-state index in [4.69, 9.17) is 4.74 Å². The van der Waals surface area contributed by atoms with Crippen molar-refractivity contribution in [3.63, 3.8) is 0 Å². The lowest BCUT2D eigenvalue weighted by Crippen LogP contribution is -2.51. The molecule has 0 aliphatic carbocycles. The van der Waals surface area contributed by atoms with Gasteiger partial charge in [-0.1, -0.05) is 12.1 Å². The molecule has 1 heterocycles. The van der Waals surface area contributed by atoms with Crippen molar-refractivity contribution in [2.75, 3.05) is 13.2 Å². The van der Waals surface area contributed by atoms with Gasteiger partial charge in [0.15, 0.2) is 0 Å². The van der Waals surface area contributed by atoms with E-state index in [2.05, 4.69) is 5.32 Å². The van der Waals surface area contributed by atoms with Gasteiger partial charge in [-0.3, -0.25) is 5.32 Å². The number of nitrogens with one attached hydrogen (secondary N) is 1. The third-order valence-electron chi connectivity index (χ3n) is 3.41. The molecule has 1 atom stereocenters. The van der Waals surface area contributed by atoms with Gasteiger partial charge in [-0.15, -0.1) is 0 Å². The number of rotatable bonds is 4. The van der Waals surface area contributed by atoms with Crippen LogP contribution in [-0.4, -0.2) is 34.7 Å². The maximum absolute atomic E-state index is 9.59. The van der Waals surface area contributed by atoms with Crippen LogP contribution in [0.5, 0.6) is 5.75 Å².